The van der Waals surface area contributed by atoms with E-state index in [1.165, 1.54) is 0 Å². The molecule has 2 rings (SSSR count). The third kappa shape index (κ3) is 5.14. The van der Waals surface area contributed by atoms with E-state index < -0.39 is 75.4 Å². The minimum Gasteiger partial charge on any atom is -0.330 e. The Labute approximate surface area is 164 Å². The van der Waals surface area contributed by atoms with Crippen LogP contribution in [0.4, 0.5) is 0 Å². The molecule has 0 unspecified atom stereocenters. The number of amides is 4. The van der Waals surface area contributed by atoms with Crippen LogP contribution in [0, 0.1) is 0 Å². The molecule has 2 aliphatic heterocycles. The Morgan fingerprint density at radius 1 is 0.655 bits per heavy atom. The molecule has 0 aromatic carbocycles. The number of hydrogen-bond donors (Lipinski definition) is 0. The van der Waals surface area contributed by atoms with Gasteiger partial charge in [0.15, 0.2) is 0 Å². The molecule has 0 aliphatic carbocycles. The van der Waals surface area contributed by atoms with Crippen molar-refractivity contribution in [3.8, 4) is 0 Å². The number of nitrogens with zero attached hydrogens (tertiary/aromatic N) is 2. The highest BCUT2D eigenvalue weighted by Gasteiger charge is 2.42. The summed E-state index contributed by atoms with van der Waals surface area (Å²) in [5, 5.41) is 0. The topological polar surface area (TPSA) is 196 Å². The molecule has 0 bridgehead atoms. The molecule has 160 valence electrons. The summed E-state index contributed by atoms with van der Waals surface area (Å²) in [4.78, 5) is 68.6. The van der Waals surface area contributed by atoms with Crippen LogP contribution in [-0.2, 0) is 57.7 Å². The largest absolute Gasteiger partial charge is 0.421 e. The normalized spacial score (nSPS) is 17.8. The van der Waals surface area contributed by atoms with Gasteiger partial charge in [-0.05, 0) is 6.42 Å². The first-order valence-electron chi connectivity index (χ1n) is 8.01. The number of rotatable bonds is 8. The predicted molar refractivity (Wildman–Crippen MR) is 86.0 cm³/mol. The summed E-state index contributed by atoms with van der Waals surface area (Å²) in [6.07, 6.45) is -3.23. The first kappa shape index (κ1) is 22.4. The summed E-state index contributed by atoms with van der Waals surface area (Å²) in [7, 11) is -9.94. The number of carbonyl (C=O) groups excluding carboxylic acids is 6. The summed E-state index contributed by atoms with van der Waals surface area (Å²) in [5.74, 6) is -7.02. The number of imide groups is 2. The van der Waals surface area contributed by atoms with E-state index in [4.69, 9.17) is 0 Å². The van der Waals surface area contributed by atoms with Gasteiger partial charge >= 0.3 is 32.5 Å². The van der Waals surface area contributed by atoms with Crippen molar-refractivity contribution in [3.05, 3.63) is 0 Å². The fourth-order valence-corrected chi connectivity index (χ4v) is 4.53. The minimum absolute atomic E-state index is 0.171. The maximum absolute atomic E-state index is 11.8. The molecule has 4 amide bonds. The zero-order valence-electron chi connectivity index (χ0n) is 14.6. The first-order valence-corrected chi connectivity index (χ1v) is 10.7. The van der Waals surface area contributed by atoms with Crippen molar-refractivity contribution >= 4 is 56.2 Å². The van der Waals surface area contributed by atoms with Gasteiger partial charge in [-0.25, -0.2) is 0 Å². The maximum Gasteiger partial charge on any atom is 0.421 e. The molecule has 0 atom stereocenters. The van der Waals surface area contributed by atoms with Crippen LogP contribution in [0.15, 0.2) is 0 Å². The number of carbonyl (C=O) groups is 6. The summed E-state index contributed by atoms with van der Waals surface area (Å²) in [6.45, 7) is 0. The van der Waals surface area contributed by atoms with Crippen LogP contribution >= 0.6 is 0 Å². The van der Waals surface area contributed by atoms with Gasteiger partial charge in [0.2, 0.25) is 23.6 Å². The molecule has 0 N–H and O–H groups in total. The van der Waals surface area contributed by atoms with Crippen molar-refractivity contribution in [2.75, 3.05) is 0 Å². The average molecular weight is 454 g/mol. The van der Waals surface area contributed by atoms with Crippen molar-refractivity contribution in [3.63, 3.8) is 0 Å². The van der Waals surface area contributed by atoms with Crippen LogP contribution < -0.4 is 0 Å². The number of hydrogen-bond acceptors (Lipinski definition) is 12. The third-order valence-corrected chi connectivity index (χ3v) is 6.12. The van der Waals surface area contributed by atoms with Gasteiger partial charge in [0.1, 0.15) is 0 Å². The lowest BCUT2D eigenvalue weighted by atomic mass is 10.2. The molecule has 0 saturated carbocycles. The maximum atomic E-state index is 11.8. The molecule has 2 aliphatic rings. The second-order valence-electron chi connectivity index (χ2n) is 5.78. The quantitative estimate of drug-likeness (QED) is 0.367. The van der Waals surface area contributed by atoms with Gasteiger partial charge < -0.3 is 8.37 Å². The SMILES string of the molecule is O=C(CCCC(=O)OS(=O)(=O)N1C(=O)CCC1=O)OS(=O)(=O)N1C(=O)CCC1=O. The summed E-state index contributed by atoms with van der Waals surface area (Å²) >= 11 is 0. The van der Waals surface area contributed by atoms with Gasteiger partial charge in [0.25, 0.3) is 0 Å². The highest BCUT2D eigenvalue weighted by Crippen LogP contribution is 2.19. The van der Waals surface area contributed by atoms with Crippen LogP contribution in [-0.4, -0.2) is 61.0 Å². The Morgan fingerprint density at radius 2 is 0.931 bits per heavy atom. The summed E-state index contributed by atoms with van der Waals surface area (Å²) < 4.78 is 54.9. The van der Waals surface area contributed by atoms with Crippen molar-refractivity contribution in [2.24, 2.45) is 0 Å². The van der Waals surface area contributed by atoms with E-state index in [9.17, 15) is 45.6 Å². The van der Waals surface area contributed by atoms with E-state index in [0.717, 1.165) is 0 Å². The van der Waals surface area contributed by atoms with E-state index in [1.54, 1.807) is 0 Å². The van der Waals surface area contributed by atoms with Crippen molar-refractivity contribution in [1.29, 1.82) is 0 Å². The van der Waals surface area contributed by atoms with Crippen LogP contribution in [0.2, 0.25) is 0 Å². The van der Waals surface area contributed by atoms with Gasteiger partial charge in [-0.3, -0.25) is 28.8 Å². The smallest absolute Gasteiger partial charge is 0.330 e. The lowest BCUT2D eigenvalue weighted by Gasteiger charge is -2.14. The van der Waals surface area contributed by atoms with E-state index in [2.05, 4.69) is 8.37 Å². The second-order valence-corrected chi connectivity index (χ2v) is 8.56. The Balaban J connectivity index is 1.83. The predicted octanol–water partition coefficient (Wildman–Crippen LogP) is -1.97. The van der Waals surface area contributed by atoms with Crippen molar-refractivity contribution < 1.29 is 54.0 Å². The van der Waals surface area contributed by atoms with Gasteiger partial charge in [-0.1, -0.05) is 0 Å². The molecule has 0 spiro atoms. The molecular weight excluding hydrogens is 440 g/mol. The molecule has 0 aromatic rings. The highest BCUT2D eigenvalue weighted by atomic mass is 32.2. The average Bonchev–Trinajstić information content (AvgIpc) is 3.08. The first-order chi connectivity index (χ1) is 13.3. The van der Waals surface area contributed by atoms with Gasteiger partial charge in [-0.2, -0.15) is 16.8 Å². The highest BCUT2D eigenvalue weighted by molar-refractivity contribution is 7.86. The lowest BCUT2D eigenvalue weighted by molar-refractivity contribution is -0.137. The molecular formula is C13H14N2O12S2. The molecule has 14 nitrogen and oxygen atoms in total. The van der Waals surface area contributed by atoms with Gasteiger partial charge in [0.05, 0.1) is 0 Å². The minimum atomic E-state index is -4.97. The zero-order chi connectivity index (χ0) is 22.0. The zero-order valence-corrected chi connectivity index (χ0v) is 16.2. The fourth-order valence-electron chi connectivity index (χ4n) is 2.38. The monoisotopic (exact) mass is 454 g/mol. The van der Waals surface area contributed by atoms with Crippen LogP contribution in [0.5, 0.6) is 0 Å². The lowest BCUT2D eigenvalue weighted by Crippen LogP contribution is -2.38. The summed E-state index contributed by atoms with van der Waals surface area (Å²) in [6, 6.07) is 0. The van der Waals surface area contributed by atoms with Crippen molar-refractivity contribution in [1.82, 2.24) is 8.61 Å². The standard InChI is InChI=1S/C13H14N2O12S2/c16-8-4-5-9(17)14(8)28(22,23)26-12(20)2-1-3-13(21)27-29(24,25)15-10(18)6-7-11(15)19/h1-7H2. The molecule has 2 fully saturated rings. The fraction of sp³-hybridized carbons (Fsp3) is 0.538. The van der Waals surface area contributed by atoms with Crippen LogP contribution in [0.3, 0.4) is 0 Å². The van der Waals surface area contributed by atoms with E-state index in [-0.39, 0.29) is 34.3 Å². The molecule has 2 heterocycles. The molecule has 0 radical (unpaired) electrons. The Morgan fingerprint density at radius 3 is 1.21 bits per heavy atom. The second kappa shape index (κ2) is 8.24. The van der Waals surface area contributed by atoms with E-state index in [0.29, 0.717) is 0 Å². The molecule has 0 aromatic heterocycles. The third-order valence-electron chi connectivity index (χ3n) is 3.62. The Bertz CT molecular complexity index is 885. The molecule has 16 heteroatoms. The van der Waals surface area contributed by atoms with Crippen LogP contribution in [0.1, 0.15) is 44.9 Å². The Hall–Kier alpha value is -2.88. The van der Waals surface area contributed by atoms with Gasteiger partial charge in [0, 0.05) is 38.5 Å². The van der Waals surface area contributed by atoms with Crippen LogP contribution in [0.25, 0.3) is 0 Å². The van der Waals surface area contributed by atoms with Crippen molar-refractivity contribution in [2.45, 2.75) is 44.9 Å². The molecule has 29 heavy (non-hydrogen) atoms. The van der Waals surface area contributed by atoms with E-state index in [1.807, 2.05) is 0 Å². The van der Waals surface area contributed by atoms with E-state index >= 15 is 0 Å². The Kier molecular flexibility index (Phi) is 6.37. The summed E-state index contributed by atoms with van der Waals surface area (Å²) in [5.41, 5.74) is 0. The van der Waals surface area contributed by atoms with Gasteiger partial charge in [-0.15, -0.1) is 8.61 Å². The molecule has 2 saturated heterocycles.